The van der Waals surface area contributed by atoms with Crippen LogP contribution < -0.4 is 4.74 Å². The highest BCUT2D eigenvalue weighted by molar-refractivity contribution is 9.08. The first kappa shape index (κ1) is 11.0. The standard InChI is InChI=1S/C10H11BrO3/c1-2-14-9-5-7(6-11)3-4-8(9)10(12)13/h3-5H,2,6H2,1H3,(H,12,13). The fourth-order valence-corrected chi connectivity index (χ4v) is 1.45. The SMILES string of the molecule is CCOc1cc(CBr)ccc1C(=O)O. The van der Waals surface area contributed by atoms with Gasteiger partial charge in [0.05, 0.1) is 6.61 Å². The van der Waals surface area contributed by atoms with Gasteiger partial charge in [0.25, 0.3) is 0 Å². The van der Waals surface area contributed by atoms with Crippen molar-refractivity contribution in [3.05, 3.63) is 29.3 Å². The lowest BCUT2D eigenvalue weighted by molar-refractivity contribution is 0.0692. The number of benzene rings is 1. The molecule has 0 aromatic heterocycles. The zero-order valence-corrected chi connectivity index (χ0v) is 9.37. The molecule has 1 N–H and O–H groups in total. The van der Waals surface area contributed by atoms with Crippen LogP contribution in [-0.2, 0) is 5.33 Å². The van der Waals surface area contributed by atoms with Gasteiger partial charge < -0.3 is 9.84 Å². The Bertz CT molecular complexity index is 336. The summed E-state index contributed by atoms with van der Waals surface area (Å²) in [6.07, 6.45) is 0. The smallest absolute Gasteiger partial charge is 0.339 e. The van der Waals surface area contributed by atoms with Crippen LogP contribution in [0.25, 0.3) is 0 Å². The minimum atomic E-state index is -0.963. The monoisotopic (exact) mass is 258 g/mol. The summed E-state index contributed by atoms with van der Waals surface area (Å²) in [6, 6.07) is 5.06. The van der Waals surface area contributed by atoms with Gasteiger partial charge in [0.15, 0.2) is 0 Å². The van der Waals surface area contributed by atoms with Crippen molar-refractivity contribution in [3.63, 3.8) is 0 Å². The summed E-state index contributed by atoms with van der Waals surface area (Å²) in [6.45, 7) is 2.29. The van der Waals surface area contributed by atoms with Crippen molar-refractivity contribution in [2.45, 2.75) is 12.3 Å². The van der Waals surface area contributed by atoms with E-state index >= 15 is 0 Å². The number of carboxylic acid groups (broad SMARTS) is 1. The van der Waals surface area contributed by atoms with Gasteiger partial charge in [-0.3, -0.25) is 0 Å². The van der Waals surface area contributed by atoms with E-state index in [9.17, 15) is 4.79 Å². The number of halogens is 1. The maximum Gasteiger partial charge on any atom is 0.339 e. The average molecular weight is 259 g/mol. The van der Waals surface area contributed by atoms with Crippen molar-refractivity contribution in [3.8, 4) is 5.75 Å². The first-order valence-corrected chi connectivity index (χ1v) is 5.36. The summed E-state index contributed by atoms with van der Waals surface area (Å²) < 4.78 is 5.24. The molecule has 0 atom stereocenters. The number of carboxylic acids is 1. The van der Waals surface area contributed by atoms with Gasteiger partial charge in [0.1, 0.15) is 11.3 Å². The first-order chi connectivity index (χ1) is 6.69. The molecule has 0 spiro atoms. The van der Waals surface area contributed by atoms with Crippen molar-refractivity contribution in [1.82, 2.24) is 0 Å². The molecule has 1 aromatic carbocycles. The molecule has 0 radical (unpaired) electrons. The minimum Gasteiger partial charge on any atom is -0.493 e. The molecular weight excluding hydrogens is 248 g/mol. The molecule has 0 heterocycles. The molecule has 1 rings (SSSR count). The number of ether oxygens (including phenoxy) is 1. The molecule has 0 saturated heterocycles. The molecule has 3 nitrogen and oxygen atoms in total. The van der Waals surface area contributed by atoms with Crippen molar-refractivity contribution >= 4 is 21.9 Å². The van der Waals surface area contributed by atoms with Crippen molar-refractivity contribution in [2.24, 2.45) is 0 Å². The summed E-state index contributed by atoms with van der Waals surface area (Å²) in [7, 11) is 0. The molecule has 0 bridgehead atoms. The van der Waals surface area contributed by atoms with Crippen molar-refractivity contribution in [2.75, 3.05) is 6.61 Å². The largest absolute Gasteiger partial charge is 0.493 e. The van der Waals surface area contributed by atoms with Gasteiger partial charge in [0.2, 0.25) is 0 Å². The normalized spacial score (nSPS) is 9.86. The Balaban J connectivity index is 3.10. The van der Waals surface area contributed by atoms with Gasteiger partial charge in [0, 0.05) is 5.33 Å². The highest BCUT2D eigenvalue weighted by atomic mass is 79.9. The van der Waals surface area contributed by atoms with Crippen LogP contribution in [0, 0.1) is 0 Å². The van der Waals surface area contributed by atoms with Crippen LogP contribution in [0.15, 0.2) is 18.2 Å². The van der Waals surface area contributed by atoms with Gasteiger partial charge in [-0.1, -0.05) is 22.0 Å². The molecule has 0 aliphatic carbocycles. The molecule has 0 unspecified atom stereocenters. The van der Waals surface area contributed by atoms with Crippen LogP contribution >= 0.6 is 15.9 Å². The Kier molecular flexibility index (Phi) is 3.95. The summed E-state index contributed by atoms with van der Waals surface area (Å²) >= 11 is 3.30. The Morgan fingerprint density at radius 1 is 1.57 bits per heavy atom. The van der Waals surface area contributed by atoms with Crippen LogP contribution in [0.3, 0.4) is 0 Å². The third kappa shape index (κ3) is 2.48. The molecule has 0 aliphatic heterocycles. The predicted molar refractivity (Wildman–Crippen MR) is 57.2 cm³/mol. The summed E-state index contributed by atoms with van der Waals surface area (Å²) in [4.78, 5) is 10.8. The molecule has 14 heavy (non-hydrogen) atoms. The van der Waals surface area contributed by atoms with Gasteiger partial charge in [-0.2, -0.15) is 0 Å². The fourth-order valence-electron chi connectivity index (χ4n) is 1.10. The van der Waals surface area contributed by atoms with E-state index in [0.717, 1.165) is 5.56 Å². The fraction of sp³-hybridized carbons (Fsp3) is 0.300. The van der Waals surface area contributed by atoms with Crippen molar-refractivity contribution < 1.29 is 14.6 Å². The maximum absolute atomic E-state index is 10.8. The van der Waals surface area contributed by atoms with Crippen LogP contribution in [0.1, 0.15) is 22.8 Å². The highest BCUT2D eigenvalue weighted by Gasteiger charge is 2.10. The second-order valence-electron chi connectivity index (χ2n) is 2.70. The number of carbonyl (C=O) groups is 1. The Morgan fingerprint density at radius 2 is 2.29 bits per heavy atom. The van der Waals surface area contributed by atoms with E-state index < -0.39 is 5.97 Å². The predicted octanol–water partition coefficient (Wildman–Crippen LogP) is 2.68. The van der Waals surface area contributed by atoms with E-state index in [-0.39, 0.29) is 5.56 Å². The summed E-state index contributed by atoms with van der Waals surface area (Å²) in [5.41, 5.74) is 1.20. The van der Waals surface area contributed by atoms with E-state index in [1.807, 2.05) is 6.92 Å². The zero-order chi connectivity index (χ0) is 10.6. The van der Waals surface area contributed by atoms with E-state index in [2.05, 4.69) is 15.9 Å². The van der Waals surface area contributed by atoms with Gasteiger partial charge in [-0.15, -0.1) is 0 Å². The van der Waals surface area contributed by atoms with Crippen molar-refractivity contribution in [1.29, 1.82) is 0 Å². The van der Waals surface area contributed by atoms with Crippen LogP contribution in [0.5, 0.6) is 5.75 Å². The molecule has 0 fully saturated rings. The van der Waals surface area contributed by atoms with Gasteiger partial charge in [-0.05, 0) is 24.6 Å². The molecule has 4 heteroatoms. The third-order valence-electron chi connectivity index (χ3n) is 1.73. The number of hydrogen-bond acceptors (Lipinski definition) is 2. The van der Waals surface area contributed by atoms with E-state index in [4.69, 9.17) is 9.84 Å². The summed E-state index contributed by atoms with van der Waals surface area (Å²) in [5.74, 6) is -0.536. The number of hydrogen-bond donors (Lipinski definition) is 1. The maximum atomic E-state index is 10.8. The Labute approximate surface area is 90.8 Å². The molecule has 0 amide bonds. The van der Waals surface area contributed by atoms with Crippen LogP contribution in [-0.4, -0.2) is 17.7 Å². The second-order valence-corrected chi connectivity index (χ2v) is 3.26. The van der Waals surface area contributed by atoms with E-state index in [0.29, 0.717) is 17.7 Å². The third-order valence-corrected chi connectivity index (χ3v) is 2.38. The summed E-state index contributed by atoms with van der Waals surface area (Å²) in [5, 5.41) is 9.55. The Hall–Kier alpha value is -1.03. The zero-order valence-electron chi connectivity index (χ0n) is 7.79. The molecule has 1 aromatic rings. The molecule has 0 saturated carbocycles. The van der Waals surface area contributed by atoms with Crippen LogP contribution in [0.2, 0.25) is 0 Å². The molecule has 0 aliphatic rings. The minimum absolute atomic E-state index is 0.205. The lowest BCUT2D eigenvalue weighted by Crippen LogP contribution is -2.03. The van der Waals surface area contributed by atoms with Gasteiger partial charge in [-0.25, -0.2) is 4.79 Å². The van der Waals surface area contributed by atoms with Gasteiger partial charge >= 0.3 is 5.97 Å². The molecule has 76 valence electrons. The first-order valence-electron chi connectivity index (χ1n) is 4.24. The lowest BCUT2D eigenvalue weighted by atomic mass is 10.1. The number of aromatic carboxylic acids is 1. The Morgan fingerprint density at radius 3 is 2.79 bits per heavy atom. The van der Waals surface area contributed by atoms with Crippen LogP contribution in [0.4, 0.5) is 0 Å². The topological polar surface area (TPSA) is 46.5 Å². The van der Waals surface area contributed by atoms with E-state index in [1.165, 1.54) is 0 Å². The van der Waals surface area contributed by atoms with E-state index in [1.54, 1.807) is 18.2 Å². The lowest BCUT2D eigenvalue weighted by Gasteiger charge is -2.08. The molecular formula is C10H11BrO3. The quantitative estimate of drug-likeness (QED) is 0.845. The number of alkyl halides is 1. The highest BCUT2D eigenvalue weighted by Crippen LogP contribution is 2.21. The average Bonchev–Trinajstić information content (AvgIpc) is 2.17. The number of rotatable bonds is 4. The second kappa shape index (κ2) is 5.00.